The van der Waals surface area contributed by atoms with Crippen LogP contribution in [-0.4, -0.2) is 63.6 Å². The van der Waals surface area contributed by atoms with Gasteiger partial charge in [-0.05, 0) is 29.0 Å². The van der Waals surface area contributed by atoms with Gasteiger partial charge in [-0.15, -0.1) is 0 Å². The number of aromatic amines is 1. The van der Waals surface area contributed by atoms with Crippen molar-refractivity contribution in [1.29, 1.82) is 0 Å². The van der Waals surface area contributed by atoms with E-state index in [1.165, 1.54) is 0 Å². The number of halogens is 1. The van der Waals surface area contributed by atoms with Gasteiger partial charge in [0.2, 0.25) is 0 Å². The molecule has 0 unspecified atom stereocenters. The fourth-order valence-electron chi connectivity index (χ4n) is 4.24. The molecule has 4 aromatic rings. The quantitative estimate of drug-likeness (QED) is 0.423. The molecule has 2 aromatic heterocycles. The number of benzene rings is 2. The maximum absolute atomic E-state index is 12.8. The van der Waals surface area contributed by atoms with Crippen LogP contribution in [0.3, 0.4) is 0 Å². The third-order valence-electron chi connectivity index (χ3n) is 5.89. The second-order valence-electron chi connectivity index (χ2n) is 8.07. The van der Waals surface area contributed by atoms with E-state index >= 15 is 0 Å². The van der Waals surface area contributed by atoms with Gasteiger partial charge in [-0.25, -0.2) is 4.98 Å². The second kappa shape index (κ2) is 7.96. The van der Waals surface area contributed by atoms with Gasteiger partial charge in [0.25, 0.3) is 11.9 Å². The molecule has 2 aliphatic heterocycles. The van der Waals surface area contributed by atoms with Crippen LogP contribution in [0.15, 0.2) is 48.5 Å². The molecule has 0 radical (unpaired) electrons. The van der Waals surface area contributed by atoms with Crippen molar-refractivity contribution in [3.8, 4) is 6.01 Å². The van der Waals surface area contributed by atoms with Crippen LogP contribution in [0.2, 0.25) is 5.02 Å². The summed E-state index contributed by atoms with van der Waals surface area (Å²) in [5.74, 6) is -0.125. The highest BCUT2D eigenvalue weighted by Gasteiger charge is 2.48. The van der Waals surface area contributed by atoms with E-state index in [9.17, 15) is 9.90 Å². The zero-order chi connectivity index (χ0) is 22.5. The topological polar surface area (TPSA) is 119 Å². The van der Waals surface area contributed by atoms with Crippen molar-refractivity contribution in [2.75, 3.05) is 18.5 Å². The van der Waals surface area contributed by atoms with Crippen molar-refractivity contribution in [3.63, 3.8) is 0 Å². The van der Waals surface area contributed by atoms with Crippen molar-refractivity contribution in [2.45, 2.75) is 24.4 Å². The lowest BCUT2D eigenvalue weighted by Gasteiger charge is -2.15. The van der Waals surface area contributed by atoms with Crippen molar-refractivity contribution in [2.24, 2.45) is 0 Å². The molecular formula is C23H19ClN4O5. The molecular weight excluding hydrogens is 448 g/mol. The van der Waals surface area contributed by atoms with E-state index in [2.05, 4.69) is 20.3 Å². The minimum Gasteiger partial charge on any atom is -0.456 e. The molecule has 2 saturated heterocycles. The Morgan fingerprint density at radius 1 is 1.09 bits per heavy atom. The zero-order valence-corrected chi connectivity index (χ0v) is 18.0. The number of ether oxygens (including phenoxy) is 3. The van der Waals surface area contributed by atoms with Crippen LogP contribution in [-0.2, 0) is 9.47 Å². The number of rotatable bonds is 4. The predicted octanol–water partition coefficient (Wildman–Crippen LogP) is 2.92. The minimum atomic E-state index is -0.659. The zero-order valence-electron chi connectivity index (χ0n) is 17.2. The first-order chi connectivity index (χ1) is 16.0. The Hall–Kier alpha value is -3.24. The summed E-state index contributed by atoms with van der Waals surface area (Å²) in [5.41, 5.74) is 1.39. The van der Waals surface area contributed by atoms with Crippen molar-refractivity contribution >= 4 is 45.3 Å². The average molecular weight is 467 g/mol. The summed E-state index contributed by atoms with van der Waals surface area (Å²) < 4.78 is 17.0. The lowest BCUT2D eigenvalue weighted by Crippen LogP contribution is -2.34. The average Bonchev–Trinajstić information content (AvgIpc) is 3.50. The number of carbonyl (C=O) groups excluding carboxylic acids is 1. The van der Waals surface area contributed by atoms with Crippen molar-refractivity contribution in [1.82, 2.24) is 15.0 Å². The first-order valence-corrected chi connectivity index (χ1v) is 10.9. The Kier molecular flexibility index (Phi) is 4.92. The number of hydrogen-bond acceptors (Lipinski definition) is 7. The molecule has 0 spiro atoms. The number of amides is 1. The van der Waals surface area contributed by atoms with Crippen LogP contribution in [0, 0.1) is 0 Å². The monoisotopic (exact) mass is 466 g/mol. The molecule has 33 heavy (non-hydrogen) atoms. The molecule has 2 fully saturated rings. The number of fused-ring (bicyclic) bond motifs is 3. The van der Waals surface area contributed by atoms with Gasteiger partial charge in [0, 0.05) is 5.56 Å². The molecule has 2 aromatic carbocycles. The Morgan fingerprint density at radius 3 is 2.79 bits per heavy atom. The number of carbonyl (C=O) groups is 1. The fraction of sp³-hybridized carbons (Fsp3) is 0.261. The summed E-state index contributed by atoms with van der Waals surface area (Å²) >= 11 is 6.36. The van der Waals surface area contributed by atoms with Gasteiger partial charge in [0.05, 0.1) is 23.8 Å². The highest BCUT2D eigenvalue weighted by molar-refractivity contribution is 6.34. The third kappa shape index (κ3) is 3.68. The molecule has 9 nitrogen and oxygen atoms in total. The SMILES string of the molecule is O=C(Nc1nc2nc(O[C@@H]3CO[C@H]4[C@@H]3OC[C@H]4O)[nH]c2cc1Cl)c1ccc2ccccc2c1. The number of anilines is 1. The number of aliphatic hydroxyl groups excluding tert-OH is 1. The Balaban J connectivity index is 1.22. The lowest BCUT2D eigenvalue weighted by atomic mass is 10.1. The third-order valence-corrected chi connectivity index (χ3v) is 6.18. The van der Waals surface area contributed by atoms with Crippen LogP contribution in [0.5, 0.6) is 6.01 Å². The van der Waals surface area contributed by atoms with Gasteiger partial charge >= 0.3 is 0 Å². The molecule has 2 aliphatic rings. The number of imidazole rings is 1. The molecule has 3 N–H and O–H groups in total. The summed E-state index contributed by atoms with van der Waals surface area (Å²) in [4.78, 5) is 24.6. The number of aromatic nitrogens is 3. The number of nitrogens with one attached hydrogen (secondary N) is 2. The summed E-state index contributed by atoms with van der Waals surface area (Å²) in [6.07, 6.45) is -1.82. The van der Waals surface area contributed by atoms with Gasteiger partial charge in [0.15, 0.2) is 17.6 Å². The highest BCUT2D eigenvalue weighted by Crippen LogP contribution is 2.31. The van der Waals surface area contributed by atoms with E-state index in [0.717, 1.165) is 10.8 Å². The number of aliphatic hydroxyl groups is 1. The number of H-pyrrole nitrogens is 1. The number of nitrogens with zero attached hydrogens (tertiary/aromatic N) is 2. The molecule has 4 heterocycles. The van der Waals surface area contributed by atoms with Crippen LogP contribution < -0.4 is 10.1 Å². The predicted molar refractivity (Wildman–Crippen MR) is 121 cm³/mol. The maximum atomic E-state index is 12.8. The molecule has 0 aliphatic carbocycles. The molecule has 6 rings (SSSR count). The van der Waals surface area contributed by atoms with E-state index in [1.54, 1.807) is 12.1 Å². The first kappa shape index (κ1) is 20.4. The van der Waals surface area contributed by atoms with Crippen LogP contribution in [0.4, 0.5) is 5.82 Å². The minimum absolute atomic E-state index is 0.201. The summed E-state index contributed by atoms with van der Waals surface area (Å²) in [5, 5.41) is 14.9. The standard InChI is InChI=1S/C23H19ClN4O5/c24-14-8-15-21(28-23(25-15)33-17-10-32-18-16(29)9-31-19(17)18)26-20(14)27-22(30)13-6-5-11-3-1-2-4-12(11)7-13/h1-8,16-19,29H,9-10H2,(H2,25,26,27,28,30)/t16-,17-,18-,19-/m1/s1. The Bertz CT molecular complexity index is 1380. The van der Waals surface area contributed by atoms with E-state index in [-0.39, 0.29) is 42.1 Å². The maximum Gasteiger partial charge on any atom is 0.296 e. The first-order valence-electron chi connectivity index (χ1n) is 10.5. The molecule has 168 valence electrons. The number of hydrogen-bond donors (Lipinski definition) is 3. The fourth-order valence-corrected chi connectivity index (χ4v) is 4.44. The van der Waals surface area contributed by atoms with E-state index in [4.69, 9.17) is 25.8 Å². The highest BCUT2D eigenvalue weighted by atomic mass is 35.5. The second-order valence-corrected chi connectivity index (χ2v) is 8.47. The van der Waals surface area contributed by atoms with E-state index < -0.39 is 18.3 Å². The van der Waals surface area contributed by atoms with Gasteiger partial charge in [-0.2, -0.15) is 4.98 Å². The molecule has 10 heteroatoms. The van der Waals surface area contributed by atoms with Crippen LogP contribution in [0.1, 0.15) is 10.4 Å². The normalized spacial score (nSPS) is 24.3. The van der Waals surface area contributed by atoms with E-state index in [1.807, 2.05) is 36.4 Å². The van der Waals surface area contributed by atoms with Crippen molar-refractivity contribution < 1.29 is 24.1 Å². The lowest BCUT2D eigenvalue weighted by molar-refractivity contribution is 0.00706. The van der Waals surface area contributed by atoms with Crippen LogP contribution >= 0.6 is 11.6 Å². The van der Waals surface area contributed by atoms with Gasteiger partial charge in [0.1, 0.15) is 18.3 Å². The summed E-state index contributed by atoms with van der Waals surface area (Å²) in [6, 6.07) is 15.1. The largest absolute Gasteiger partial charge is 0.456 e. The van der Waals surface area contributed by atoms with Crippen LogP contribution in [0.25, 0.3) is 21.9 Å². The Labute approximate surface area is 192 Å². The molecule has 0 saturated carbocycles. The Morgan fingerprint density at radius 2 is 1.91 bits per heavy atom. The van der Waals surface area contributed by atoms with Gasteiger partial charge in [-0.3, -0.25) is 4.79 Å². The number of pyridine rings is 1. The smallest absolute Gasteiger partial charge is 0.296 e. The molecule has 1 amide bonds. The van der Waals surface area contributed by atoms with Gasteiger partial charge < -0.3 is 29.6 Å². The summed E-state index contributed by atoms with van der Waals surface area (Å²) in [6.45, 7) is 0.497. The summed E-state index contributed by atoms with van der Waals surface area (Å²) in [7, 11) is 0. The van der Waals surface area contributed by atoms with Gasteiger partial charge in [-0.1, -0.05) is 41.9 Å². The molecule has 4 atom stereocenters. The van der Waals surface area contributed by atoms with Crippen molar-refractivity contribution in [3.05, 3.63) is 59.1 Å². The van der Waals surface area contributed by atoms with E-state index in [0.29, 0.717) is 16.7 Å². The molecule has 0 bridgehead atoms.